The van der Waals surface area contributed by atoms with Gasteiger partial charge in [-0.2, -0.15) is 4.98 Å². The van der Waals surface area contributed by atoms with E-state index in [2.05, 4.69) is 22.2 Å². The molecule has 4 rings (SSSR count). The van der Waals surface area contributed by atoms with Crippen molar-refractivity contribution in [2.45, 2.75) is 25.3 Å². The molecule has 0 spiro atoms. The van der Waals surface area contributed by atoms with E-state index in [4.69, 9.17) is 11.6 Å². The number of carbonyl (C=O) groups excluding carboxylic acids is 1. The van der Waals surface area contributed by atoms with Crippen molar-refractivity contribution in [1.82, 2.24) is 15.3 Å². The number of anilines is 1. The van der Waals surface area contributed by atoms with E-state index in [1.165, 1.54) is 0 Å². The smallest absolute Gasteiger partial charge is 0.224 e. The van der Waals surface area contributed by atoms with Crippen LogP contribution in [0.2, 0.25) is 5.28 Å². The third-order valence-electron chi connectivity index (χ3n) is 5.14. The second kappa shape index (κ2) is 4.29. The summed E-state index contributed by atoms with van der Waals surface area (Å²) in [5.41, 5.74) is -0.219. The molecule has 3 aliphatic rings. The summed E-state index contributed by atoms with van der Waals surface area (Å²) >= 11 is 5.76. The van der Waals surface area contributed by atoms with Crippen LogP contribution in [0.25, 0.3) is 0 Å². The number of halogens is 2. The van der Waals surface area contributed by atoms with E-state index in [-0.39, 0.29) is 28.5 Å². The predicted octanol–water partition coefficient (Wildman–Crippen LogP) is 1.62. The van der Waals surface area contributed by atoms with Gasteiger partial charge in [0.25, 0.3) is 0 Å². The van der Waals surface area contributed by atoms with Crippen LogP contribution >= 0.6 is 11.6 Å². The molecule has 2 aliphatic carbocycles. The van der Waals surface area contributed by atoms with Crippen molar-refractivity contribution in [2.24, 2.45) is 17.8 Å². The summed E-state index contributed by atoms with van der Waals surface area (Å²) in [5.74, 6) is 0.871. The third kappa shape index (κ3) is 1.99. The fourth-order valence-corrected chi connectivity index (χ4v) is 3.70. The molecule has 3 fully saturated rings. The van der Waals surface area contributed by atoms with E-state index in [1.807, 2.05) is 4.90 Å². The van der Waals surface area contributed by atoms with Crippen molar-refractivity contribution in [3.63, 3.8) is 0 Å². The second-order valence-corrected chi connectivity index (χ2v) is 6.73. The van der Waals surface area contributed by atoms with E-state index in [0.29, 0.717) is 24.9 Å². The van der Waals surface area contributed by atoms with Crippen LogP contribution in [0.4, 0.5) is 10.2 Å². The van der Waals surface area contributed by atoms with Crippen molar-refractivity contribution >= 4 is 23.3 Å². The summed E-state index contributed by atoms with van der Waals surface area (Å²) in [6, 6.07) is 0. The molecule has 0 bridgehead atoms. The first kappa shape index (κ1) is 13.2. The molecule has 0 radical (unpaired) electrons. The first-order valence-corrected chi connectivity index (χ1v) is 7.64. The van der Waals surface area contributed by atoms with Gasteiger partial charge in [0.15, 0.2) is 11.6 Å². The fraction of sp³-hybridized carbons (Fsp3) is 0.643. The Morgan fingerprint density at radius 1 is 1.57 bits per heavy atom. The summed E-state index contributed by atoms with van der Waals surface area (Å²) < 4.78 is 13.9. The van der Waals surface area contributed by atoms with Crippen LogP contribution in [0, 0.1) is 23.6 Å². The van der Waals surface area contributed by atoms with Gasteiger partial charge in [-0.25, -0.2) is 9.37 Å². The van der Waals surface area contributed by atoms with E-state index < -0.39 is 5.82 Å². The molecule has 2 saturated carbocycles. The minimum absolute atomic E-state index is 0.0380. The van der Waals surface area contributed by atoms with Gasteiger partial charge in [0.05, 0.1) is 11.7 Å². The lowest BCUT2D eigenvalue weighted by Gasteiger charge is -2.24. The molecule has 0 unspecified atom stereocenters. The quantitative estimate of drug-likeness (QED) is 0.862. The Hall–Kier alpha value is -1.43. The maximum Gasteiger partial charge on any atom is 0.224 e. The average Bonchev–Trinajstić information content (AvgIpc) is 3.33. The number of hydrogen-bond acceptors (Lipinski definition) is 4. The SMILES string of the molecule is C[C@@H]1[C@@H]2CN(c3nc(Cl)ncc3F)C[C@@]12NC(=O)C1CC1. The van der Waals surface area contributed by atoms with Crippen LogP contribution in [-0.4, -0.2) is 34.5 Å². The normalized spacial score (nSPS) is 33.8. The standard InChI is InChI=1S/C14H16ClFN4O/c1-7-9-5-20(11-10(16)4-17-13(15)18-11)6-14(7,9)19-12(21)8-2-3-8/h4,7-9H,2-3,5-6H2,1H3,(H,19,21)/t7-,9+,14-/m1/s1. The predicted molar refractivity (Wildman–Crippen MR) is 75.5 cm³/mol. The van der Waals surface area contributed by atoms with Crippen molar-refractivity contribution in [2.75, 3.05) is 18.0 Å². The topological polar surface area (TPSA) is 58.1 Å². The van der Waals surface area contributed by atoms with Crippen molar-refractivity contribution in [1.29, 1.82) is 0 Å². The average molecular weight is 311 g/mol. The van der Waals surface area contributed by atoms with Gasteiger partial charge in [-0.05, 0) is 30.4 Å². The van der Waals surface area contributed by atoms with Gasteiger partial charge in [0.2, 0.25) is 11.2 Å². The Balaban J connectivity index is 1.54. The molecule has 1 amide bonds. The first-order chi connectivity index (χ1) is 10.0. The maximum atomic E-state index is 13.9. The molecule has 5 nitrogen and oxygen atoms in total. The van der Waals surface area contributed by atoms with E-state index in [0.717, 1.165) is 19.0 Å². The number of nitrogens with one attached hydrogen (secondary N) is 1. The van der Waals surface area contributed by atoms with E-state index in [9.17, 15) is 9.18 Å². The van der Waals surface area contributed by atoms with Crippen LogP contribution < -0.4 is 10.2 Å². The number of rotatable bonds is 3. The molecule has 0 aromatic carbocycles. The Morgan fingerprint density at radius 2 is 2.33 bits per heavy atom. The van der Waals surface area contributed by atoms with E-state index >= 15 is 0 Å². The van der Waals surface area contributed by atoms with Gasteiger partial charge in [0.1, 0.15) is 0 Å². The zero-order valence-corrected chi connectivity index (χ0v) is 12.4. The van der Waals surface area contributed by atoms with Gasteiger partial charge < -0.3 is 10.2 Å². The molecule has 3 atom stereocenters. The Morgan fingerprint density at radius 3 is 3.05 bits per heavy atom. The largest absolute Gasteiger partial charge is 0.351 e. The number of fused-ring (bicyclic) bond motifs is 1. The number of piperidine rings is 1. The Labute approximate surface area is 126 Å². The fourth-order valence-electron chi connectivity index (χ4n) is 3.57. The second-order valence-electron chi connectivity index (χ2n) is 6.39. The Kier molecular flexibility index (Phi) is 2.70. The van der Waals surface area contributed by atoms with Crippen LogP contribution in [0.3, 0.4) is 0 Å². The minimum atomic E-state index is -0.475. The molecular weight excluding hydrogens is 295 g/mol. The van der Waals surface area contributed by atoms with E-state index in [1.54, 1.807) is 0 Å². The molecule has 1 aliphatic heterocycles. The maximum absolute atomic E-state index is 13.9. The number of carbonyl (C=O) groups is 1. The highest BCUT2D eigenvalue weighted by molar-refractivity contribution is 6.28. The first-order valence-electron chi connectivity index (χ1n) is 7.26. The summed E-state index contributed by atoms with van der Waals surface area (Å²) in [6.07, 6.45) is 3.06. The molecule has 112 valence electrons. The molecule has 1 saturated heterocycles. The molecular formula is C14H16ClFN4O. The molecule has 2 heterocycles. The highest BCUT2D eigenvalue weighted by Gasteiger charge is 2.68. The lowest BCUT2D eigenvalue weighted by Crippen LogP contribution is -2.45. The van der Waals surface area contributed by atoms with Crippen LogP contribution in [0.5, 0.6) is 0 Å². The van der Waals surface area contributed by atoms with Gasteiger partial charge in [-0.15, -0.1) is 0 Å². The third-order valence-corrected chi connectivity index (χ3v) is 5.32. The van der Waals surface area contributed by atoms with Crippen LogP contribution in [-0.2, 0) is 4.79 Å². The zero-order valence-electron chi connectivity index (χ0n) is 11.6. The van der Waals surface area contributed by atoms with Crippen LogP contribution in [0.1, 0.15) is 19.8 Å². The highest BCUT2D eigenvalue weighted by atomic mass is 35.5. The van der Waals surface area contributed by atoms with Crippen molar-refractivity contribution < 1.29 is 9.18 Å². The minimum Gasteiger partial charge on any atom is -0.351 e. The van der Waals surface area contributed by atoms with Crippen molar-refractivity contribution in [3.8, 4) is 0 Å². The number of aromatic nitrogens is 2. The van der Waals surface area contributed by atoms with Gasteiger partial charge >= 0.3 is 0 Å². The molecule has 1 aromatic heterocycles. The highest BCUT2D eigenvalue weighted by Crippen LogP contribution is 2.56. The number of hydrogen-bond donors (Lipinski definition) is 1. The molecule has 1 aromatic rings. The van der Waals surface area contributed by atoms with Gasteiger partial charge in [0, 0.05) is 24.9 Å². The number of amides is 1. The monoisotopic (exact) mass is 310 g/mol. The number of nitrogens with zero attached hydrogens (tertiary/aromatic N) is 3. The summed E-state index contributed by atoms with van der Waals surface area (Å²) in [4.78, 5) is 21.5. The molecule has 21 heavy (non-hydrogen) atoms. The van der Waals surface area contributed by atoms with Gasteiger partial charge in [-0.1, -0.05) is 6.92 Å². The lowest BCUT2D eigenvalue weighted by molar-refractivity contribution is -0.123. The zero-order chi connectivity index (χ0) is 14.8. The van der Waals surface area contributed by atoms with Crippen LogP contribution in [0.15, 0.2) is 6.20 Å². The molecule has 1 N–H and O–H groups in total. The summed E-state index contributed by atoms with van der Waals surface area (Å²) in [5, 5.41) is 3.23. The van der Waals surface area contributed by atoms with Gasteiger partial charge in [-0.3, -0.25) is 4.79 Å². The Bertz CT molecular complexity index is 623. The van der Waals surface area contributed by atoms with Crippen molar-refractivity contribution in [3.05, 3.63) is 17.3 Å². The lowest BCUT2D eigenvalue weighted by atomic mass is 10.2. The summed E-state index contributed by atoms with van der Waals surface area (Å²) in [6.45, 7) is 3.41. The summed E-state index contributed by atoms with van der Waals surface area (Å²) in [7, 11) is 0. The molecule has 7 heteroatoms.